The number of carbonyl (C=O) groups is 2. The minimum atomic E-state index is -4.50. The normalized spacial score (nSPS) is 11.0. The molecule has 0 radical (unpaired) electrons. The third kappa shape index (κ3) is 4.73. The second-order valence-corrected chi connectivity index (χ2v) is 5.15. The van der Waals surface area contributed by atoms with Crippen molar-refractivity contribution in [3.05, 3.63) is 58.6 Å². The van der Waals surface area contributed by atoms with Crippen molar-refractivity contribution >= 4 is 29.5 Å². The zero-order valence-electron chi connectivity index (χ0n) is 12.1. The topological polar surface area (TPSA) is 55.4 Å². The molecule has 0 unspecified atom stereocenters. The molecule has 24 heavy (non-hydrogen) atoms. The van der Waals surface area contributed by atoms with Gasteiger partial charge in [0.05, 0.1) is 11.1 Å². The van der Waals surface area contributed by atoms with Gasteiger partial charge in [-0.3, -0.25) is 9.59 Å². The van der Waals surface area contributed by atoms with E-state index < -0.39 is 24.3 Å². The van der Waals surface area contributed by atoms with Crippen LogP contribution in [0, 0.1) is 0 Å². The monoisotopic (exact) mass is 357 g/mol. The van der Waals surface area contributed by atoms with Crippen molar-refractivity contribution in [3.8, 4) is 5.75 Å². The Balaban J connectivity index is 2.01. The van der Waals surface area contributed by atoms with E-state index in [1.54, 1.807) is 0 Å². The van der Waals surface area contributed by atoms with Gasteiger partial charge in [-0.1, -0.05) is 17.7 Å². The van der Waals surface area contributed by atoms with Crippen LogP contribution in [0.4, 0.5) is 18.9 Å². The van der Waals surface area contributed by atoms with Crippen LogP contribution < -0.4 is 10.1 Å². The van der Waals surface area contributed by atoms with Crippen molar-refractivity contribution in [2.45, 2.75) is 6.18 Å². The third-order valence-corrected chi connectivity index (χ3v) is 3.17. The number of alkyl halides is 3. The van der Waals surface area contributed by atoms with Crippen LogP contribution in [0.3, 0.4) is 0 Å². The minimum Gasteiger partial charge on any atom is -0.483 e. The van der Waals surface area contributed by atoms with Crippen molar-refractivity contribution in [1.29, 1.82) is 0 Å². The fourth-order valence-corrected chi connectivity index (χ4v) is 2.04. The molecule has 0 spiro atoms. The van der Waals surface area contributed by atoms with Gasteiger partial charge in [0.1, 0.15) is 5.75 Å². The number of aldehydes is 1. The largest absolute Gasteiger partial charge is 0.483 e. The highest BCUT2D eigenvalue weighted by atomic mass is 35.5. The van der Waals surface area contributed by atoms with Crippen molar-refractivity contribution in [1.82, 2.24) is 0 Å². The summed E-state index contributed by atoms with van der Waals surface area (Å²) in [6, 6.07) is 8.50. The summed E-state index contributed by atoms with van der Waals surface area (Å²) in [6.07, 6.45) is -3.98. The molecule has 0 aliphatic heterocycles. The molecule has 0 aromatic heterocycles. The molecule has 2 rings (SSSR count). The van der Waals surface area contributed by atoms with Crippen LogP contribution in [-0.2, 0) is 11.0 Å². The second kappa shape index (κ2) is 7.35. The number of halogens is 4. The highest BCUT2D eigenvalue weighted by Crippen LogP contribution is 2.30. The molecule has 2 aromatic rings. The molecule has 0 saturated carbocycles. The summed E-state index contributed by atoms with van der Waals surface area (Å²) in [4.78, 5) is 22.7. The van der Waals surface area contributed by atoms with E-state index in [4.69, 9.17) is 16.3 Å². The Hall–Kier alpha value is -2.54. The van der Waals surface area contributed by atoms with E-state index in [-0.39, 0.29) is 17.0 Å². The molecule has 126 valence electrons. The van der Waals surface area contributed by atoms with E-state index in [2.05, 4.69) is 5.32 Å². The average molecular weight is 358 g/mol. The summed E-state index contributed by atoms with van der Waals surface area (Å²) >= 11 is 5.73. The number of amides is 1. The van der Waals surface area contributed by atoms with Gasteiger partial charge in [0.15, 0.2) is 12.9 Å². The Morgan fingerprint density at radius 2 is 1.96 bits per heavy atom. The molecule has 0 saturated heterocycles. The number of ether oxygens (including phenoxy) is 1. The lowest BCUT2D eigenvalue weighted by Crippen LogP contribution is -2.20. The number of nitrogens with one attached hydrogen (secondary N) is 1. The first-order valence-electron chi connectivity index (χ1n) is 6.64. The van der Waals surface area contributed by atoms with Crippen LogP contribution in [0.25, 0.3) is 0 Å². The molecular weight excluding hydrogens is 347 g/mol. The zero-order chi connectivity index (χ0) is 17.7. The maximum Gasteiger partial charge on any atom is 0.416 e. The van der Waals surface area contributed by atoms with Crippen LogP contribution in [0.2, 0.25) is 5.02 Å². The Morgan fingerprint density at radius 3 is 2.62 bits per heavy atom. The van der Waals surface area contributed by atoms with Gasteiger partial charge in [0.25, 0.3) is 5.91 Å². The standard InChI is InChI=1S/C16H11ClF3NO3/c17-12-4-5-14(10(6-12)8-22)24-9-15(23)21-13-3-1-2-11(7-13)16(18,19)20/h1-8H,9H2,(H,21,23). The summed E-state index contributed by atoms with van der Waals surface area (Å²) in [7, 11) is 0. The quantitative estimate of drug-likeness (QED) is 0.816. The predicted molar refractivity (Wildman–Crippen MR) is 82.4 cm³/mol. The molecule has 0 aliphatic rings. The Kier molecular flexibility index (Phi) is 5.46. The Bertz CT molecular complexity index is 762. The van der Waals surface area contributed by atoms with Gasteiger partial charge in [0, 0.05) is 10.7 Å². The Morgan fingerprint density at radius 1 is 1.21 bits per heavy atom. The number of hydrogen-bond acceptors (Lipinski definition) is 3. The van der Waals surface area contributed by atoms with Gasteiger partial charge in [-0.05, 0) is 36.4 Å². The van der Waals surface area contributed by atoms with Gasteiger partial charge in [-0.2, -0.15) is 13.2 Å². The summed E-state index contributed by atoms with van der Waals surface area (Å²) in [5, 5.41) is 2.63. The molecule has 4 nitrogen and oxygen atoms in total. The van der Waals surface area contributed by atoms with E-state index in [0.29, 0.717) is 11.3 Å². The molecule has 0 atom stereocenters. The summed E-state index contributed by atoms with van der Waals surface area (Å²) in [6.45, 7) is -0.473. The molecule has 8 heteroatoms. The lowest BCUT2D eigenvalue weighted by Gasteiger charge is -2.11. The van der Waals surface area contributed by atoms with E-state index in [0.717, 1.165) is 12.1 Å². The molecule has 2 aromatic carbocycles. The molecule has 0 fully saturated rings. The average Bonchev–Trinajstić information content (AvgIpc) is 2.53. The van der Waals surface area contributed by atoms with Crippen LogP contribution in [0.15, 0.2) is 42.5 Å². The van der Waals surface area contributed by atoms with Gasteiger partial charge >= 0.3 is 6.18 Å². The Labute approximate surface area is 140 Å². The predicted octanol–water partition coefficient (Wildman–Crippen LogP) is 4.19. The van der Waals surface area contributed by atoms with E-state index in [1.165, 1.54) is 30.3 Å². The van der Waals surface area contributed by atoms with Crippen molar-refractivity contribution in [2.75, 3.05) is 11.9 Å². The molecule has 0 aliphatic carbocycles. The lowest BCUT2D eigenvalue weighted by atomic mass is 10.2. The fourth-order valence-electron chi connectivity index (χ4n) is 1.86. The summed E-state index contributed by atoms with van der Waals surface area (Å²) in [5.41, 5.74) is -0.721. The van der Waals surface area contributed by atoms with Gasteiger partial charge < -0.3 is 10.1 Å². The number of rotatable bonds is 5. The van der Waals surface area contributed by atoms with Gasteiger partial charge in [-0.25, -0.2) is 0 Å². The summed E-state index contributed by atoms with van der Waals surface area (Å²) < 4.78 is 43.0. The smallest absolute Gasteiger partial charge is 0.416 e. The zero-order valence-corrected chi connectivity index (χ0v) is 12.8. The minimum absolute atomic E-state index is 0.00913. The van der Waals surface area contributed by atoms with Crippen LogP contribution in [0.5, 0.6) is 5.75 Å². The van der Waals surface area contributed by atoms with Crippen molar-refractivity contribution in [2.24, 2.45) is 0 Å². The van der Waals surface area contributed by atoms with E-state index in [9.17, 15) is 22.8 Å². The van der Waals surface area contributed by atoms with E-state index >= 15 is 0 Å². The maximum absolute atomic E-state index is 12.6. The molecule has 0 heterocycles. The van der Waals surface area contributed by atoms with Crippen molar-refractivity contribution in [3.63, 3.8) is 0 Å². The third-order valence-electron chi connectivity index (χ3n) is 2.93. The number of anilines is 1. The first-order chi connectivity index (χ1) is 11.3. The SMILES string of the molecule is O=Cc1cc(Cl)ccc1OCC(=O)Nc1cccc(C(F)(F)F)c1. The highest BCUT2D eigenvalue weighted by molar-refractivity contribution is 6.30. The summed E-state index contributed by atoms with van der Waals surface area (Å²) in [5.74, 6) is -0.519. The fraction of sp³-hybridized carbons (Fsp3) is 0.125. The van der Waals surface area contributed by atoms with Crippen molar-refractivity contribution < 1.29 is 27.5 Å². The molecule has 0 bridgehead atoms. The van der Waals surface area contributed by atoms with Gasteiger partial charge in [-0.15, -0.1) is 0 Å². The second-order valence-electron chi connectivity index (χ2n) is 4.72. The molecule has 1 amide bonds. The number of hydrogen-bond donors (Lipinski definition) is 1. The van der Waals surface area contributed by atoms with E-state index in [1.807, 2.05) is 0 Å². The molecular formula is C16H11ClF3NO3. The first-order valence-corrected chi connectivity index (χ1v) is 7.02. The van der Waals surface area contributed by atoms with Crippen LogP contribution >= 0.6 is 11.6 Å². The highest BCUT2D eigenvalue weighted by Gasteiger charge is 2.30. The maximum atomic E-state index is 12.6. The number of carbonyl (C=O) groups excluding carboxylic acids is 2. The van der Waals surface area contributed by atoms with Gasteiger partial charge in [0.2, 0.25) is 0 Å². The van der Waals surface area contributed by atoms with Crippen LogP contribution in [0.1, 0.15) is 15.9 Å². The van der Waals surface area contributed by atoms with Crippen LogP contribution in [-0.4, -0.2) is 18.8 Å². The first kappa shape index (κ1) is 17.8. The molecule has 1 N–H and O–H groups in total. The number of benzene rings is 2. The lowest BCUT2D eigenvalue weighted by molar-refractivity contribution is -0.137.